The van der Waals surface area contributed by atoms with Crippen LogP contribution in [0.1, 0.15) is 4.88 Å². The molecule has 0 radical (unpaired) electrons. The molecule has 0 unspecified atom stereocenters. The Morgan fingerprint density at radius 3 is 2.61 bits per heavy atom. The molecule has 96 valence electrons. The lowest BCUT2D eigenvalue weighted by molar-refractivity contribution is 0.581. The van der Waals surface area contributed by atoms with E-state index in [1.807, 2.05) is 17.5 Å². The first kappa shape index (κ1) is 12.9. The van der Waals surface area contributed by atoms with Crippen LogP contribution in [-0.4, -0.2) is 25.4 Å². The molecule has 0 saturated heterocycles. The minimum atomic E-state index is -3.56. The van der Waals surface area contributed by atoms with Crippen molar-refractivity contribution < 1.29 is 8.42 Å². The summed E-state index contributed by atoms with van der Waals surface area (Å²) in [5, 5.41) is 4.62. The molecule has 2 heterocycles. The van der Waals surface area contributed by atoms with Gasteiger partial charge in [0.05, 0.1) is 12.4 Å². The molecule has 18 heavy (non-hydrogen) atoms. The highest BCUT2D eigenvalue weighted by Crippen LogP contribution is 2.11. The Morgan fingerprint density at radius 2 is 2.06 bits per heavy atom. The molecule has 0 saturated carbocycles. The maximum atomic E-state index is 11.9. The summed E-state index contributed by atoms with van der Waals surface area (Å²) in [5.74, 6) is 0.382. The second kappa shape index (κ2) is 5.42. The van der Waals surface area contributed by atoms with Gasteiger partial charge in [0.25, 0.3) is 0 Å². The van der Waals surface area contributed by atoms with Crippen molar-refractivity contribution in [2.45, 2.75) is 11.4 Å². The summed E-state index contributed by atoms with van der Waals surface area (Å²) in [6.07, 6.45) is 2.55. The molecule has 6 nitrogen and oxygen atoms in total. The Labute approximate surface area is 109 Å². The normalized spacial score (nSPS) is 11.4. The van der Waals surface area contributed by atoms with Crippen molar-refractivity contribution >= 4 is 27.3 Å². The minimum absolute atomic E-state index is 0.0538. The molecule has 0 atom stereocenters. The molecule has 0 fully saturated rings. The van der Waals surface area contributed by atoms with Gasteiger partial charge in [0.1, 0.15) is 4.90 Å². The Hall–Kier alpha value is -1.51. The highest BCUT2D eigenvalue weighted by atomic mass is 32.2. The van der Waals surface area contributed by atoms with Crippen LogP contribution >= 0.6 is 11.3 Å². The average molecular weight is 284 g/mol. The van der Waals surface area contributed by atoms with E-state index < -0.39 is 10.0 Å². The monoisotopic (exact) mass is 284 g/mol. The van der Waals surface area contributed by atoms with Crippen molar-refractivity contribution in [1.29, 1.82) is 0 Å². The van der Waals surface area contributed by atoms with E-state index in [1.165, 1.54) is 23.7 Å². The van der Waals surface area contributed by atoms with Crippen LogP contribution in [-0.2, 0) is 16.6 Å². The number of thiophene rings is 1. The molecule has 2 rings (SSSR count). The fraction of sp³-hybridized carbons (Fsp3) is 0.200. The predicted octanol–water partition coefficient (Wildman–Crippen LogP) is 1.06. The summed E-state index contributed by atoms with van der Waals surface area (Å²) in [6.45, 7) is 0.272. The maximum absolute atomic E-state index is 11.9. The van der Waals surface area contributed by atoms with Gasteiger partial charge >= 0.3 is 0 Å². The van der Waals surface area contributed by atoms with E-state index in [2.05, 4.69) is 20.0 Å². The lowest BCUT2D eigenvalue weighted by Gasteiger charge is -2.05. The van der Waals surface area contributed by atoms with Crippen LogP contribution in [0.25, 0.3) is 0 Å². The molecule has 8 heteroatoms. The van der Waals surface area contributed by atoms with E-state index in [9.17, 15) is 8.42 Å². The Kier molecular flexibility index (Phi) is 3.90. The number of hydrogen-bond donors (Lipinski definition) is 2. The molecule has 2 N–H and O–H groups in total. The van der Waals surface area contributed by atoms with Crippen molar-refractivity contribution in [1.82, 2.24) is 14.7 Å². The summed E-state index contributed by atoms with van der Waals surface area (Å²) in [4.78, 5) is 8.74. The average Bonchev–Trinajstić information content (AvgIpc) is 2.90. The van der Waals surface area contributed by atoms with Crippen LogP contribution in [0.15, 0.2) is 34.8 Å². The second-order valence-corrected chi connectivity index (χ2v) is 6.20. The second-order valence-electron chi connectivity index (χ2n) is 3.40. The molecule has 0 aliphatic rings. The summed E-state index contributed by atoms with van der Waals surface area (Å²) in [7, 11) is -1.89. The molecule has 2 aromatic rings. The number of nitrogens with zero attached hydrogens (tertiary/aromatic N) is 2. The van der Waals surface area contributed by atoms with E-state index in [-0.39, 0.29) is 11.4 Å². The fourth-order valence-electron chi connectivity index (χ4n) is 1.25. The van der Waals surface area contributed by atoms with Crippen LogP contribution in [0.5, 0.6) is 0 Å². The Balaban J connectivity index is 2.09. The third kappa shape index (κ3) is 3.03. The SMILES string of the molecule is CNc1ncc(S(=O)(=O)NCc2cccs2)cn1. The van der Waals surface area contributed by atoms with Gasteiger partial charge in [0.15, 0.2) is 0 Å². The van der Waals surface area contributed by atoms with Crippen molar-refractivity contribution in [3.63, 3.8) is 0 Å². The van der Waals surface area contributed by atoms with Gasteiger partial charge < -0.3 is 5.32 Å². The van der Waals surface area contributed by atoms with Gasteiger partial charge in [-0.15, -0.1) is 11.3 Å². The van der Waals surface area contributed by atoms with E-state index in [0.29, 0.717) is 5.95 Å². The summed E-state index contributed by atoms with van der Waals surface area (Å²) >= 11 is 1.50. The van der Waals surface area contributed by atoms with Crippen LogP contribution in [0, 0.1) is 0 Å². The zero-order chi connectivity index (χ0) is 13.0. The molecule has 0 aromatic carbocycles. The fourth-order valence-corrected chi connectivity index (χ4v) is 2.88. The third-order valence-electron chi connectivity index (χ3n) is 2.18. The largest absolute Gasteiger partial charge is 0.357 e. The first-order chi connectivity index (χ1) is 8.62. The smallest absolute Gasteiger partial charge is 0.243 e. The van der Waals surface area contributed by atoms with Crippen LogP contribution < -0.4 is 10.0 Å². The molecular formula is C10H12N4O2S2. The molecule has 0 amide bonds. The molecule has 0 aliphatic heterocycles. The predicted molar refractivity (Wildman–Crippen MR) is 69.9 cm³/mol. The zero-order valence-corrected chi connectivity index (χ0v) is 11.3. The van der Waals surface area contributed by atoms with Crippen molar-refractivity contribution in [3.05, 3.63) is 34.8 Å². The quantitative estimate of drug-likeness (QED) is 0.857. The van der Waals surface area contributed by atoms with Crippen molar-refractivity contribution in [2.24, 2.45) is 0 Å². The van der Waals surface area contributed by atoms with Gasteiger partial charge in [0, 0.05) is 18.5 Å². The number of aromatic nitrogens is 2. The first-order valence-corrected chi connectivity index (χ1v) is 7.50. The molecule has 0 aliphatic carbocycles. The number of sulfonamides is 1. The van der Waals surface area contributed by atoms with Gasteiger partial charge in [-0.05, 0) is 11.4 Å². The number of anilines is 1. The molecular weight excluding hydrogens is 272 g/mol. The Bertz CT molecular complexity index is 593. The van der Waals surface area contributed by atoms with Crippen molar-refractivity contribution in [2.75, 3.05) is 12.4 Å². The summed E-state index contributed by atoms with van der Waals surface area (Å²) in [5.41, 5.74) is 0. The van der Waals surface area contributed by atoms with Crippen molar-refractivity contribution in [3.8, 4) is 0 Å². The third-order valence-corrected chi connectivity index (χ3v) is 4.41. The van der Waals surface area contributed by atoms with Gasteiger partial charge in [0.2, 0.25) is 16.0 Å². The van der Waals surface area contributed by atoms with Gasteiger partial charge in [-0.25, -0.2) is 23.1 Å². The van der Waals surface area contributed by atoms with Crippen LogP contribution in [0.3, 0.4) is 0 Å². The van der Waals surface area contributed by atoms with Gasteiger partial charge in [-0.1, -0.05) is 6.07 Å². The highest BCUT2D eigenvalue weighted by molar-refractivity contribution is 7.89. The van der Waals surface area contributed by atoms with E-state index in [4.69, 9.17) is 0 Å². The number of rotatable bonds is 5. The number of hydrogen-bond acceptors (Lipinski definition) is 6. The number of nitrogens with one attached hydrogen (secondary N) is 2. The molecule has 0 spiro atoms. The maximum Gasteiger partial charge on any atom is 0.243 e. The molecule has 0 bridgehead atoms. The van der Waals surface area contributed by atoms with Crippen LogP contribution in [0.4, 0.5) is 5.95 Å². The van der Waals surface area contributed by atoms with Crippen LogP contribution in [0.2, 0.25) is 0 Å². The highest BCUT2D eigenvalue weighted by Gasteiger charge is 2.14. The zero-order valence-electron chi connectivity index (χ0n) is 9.62. The summed E-state index contributed by atoms with van der Waals surface area (Å²) in [6, 6.07) is 3.74. The summed E-state index contributed by atoms with van der Waals surface area (Å²) < 4.78 is 26.3. The standard InChI is InChI=1S/C10H12N4O2S2/c1-11-10-12-6-9(7-13-10)18(15,16)14-5-8-3-2-4-17-8/h2-4,6-7,14H,5H2,1H3,(H,11,12,13). The lowest BCUT2D eigenvalue weighted by Crippen LogP contribution is -2.23. The van der Waals surface area contributed by atoms with E-state index in [0.717, 1.165) is 4.88 Å². The Morgan fingerprint density at radius 1 is 1.33 bits per heavy atom. The first-order valence-electron chi connectivity index (χ1n) is 5.13. The minimum Gasteiger partial charge on any atom is -0.357 e. The molecule has 2 aromatic heterocycles. The van der Waals surface area contributed by atoms with Gasteiger partial charge in [-0.2, -0.15) is 0 Å². The van der Waals surface area contributed by atoms with E-state index >= 15 is 0 Å². The van der Waals surface area contributed by atoms with Gasteiger partial charge in [-0.3, -0.25) is 0 Å². The lowest BCUT2D eigenvalue weighted by atomic mass is 10.5. The topological polar surface area (TPSA) is 84.0 Å². The van der Waals surface area contributed by atoms with E-state index in [1.54, 1.807) is 7.05 Å².